The molecule has 0 unspecified atom stereocenters. The number of carbonyl (C=O) groups is 1. The molecule has 0 bridgehead atoms. The standard InChI is InChI=1S/C14H22N2O4S/c1-9-6-11(21(15,18)19)7-10(2)13(9)20-8-12(17)16-14(3,4)5/h6-7H,8H2,1-5H3,(H,16,17)(H2,15,18,19). The third-order valence-corrected chi connectivity index (χ3v) is 3.52. The summed E-state index contributed by atoms with van der Waals surface area (Å²) in [6.07, 6.45) is 0. The Kier molecular flexibility index (Phi) is 5.01. The van der Waals surface area contributed by atoms with Gasteiger partial charge in [0.25, 0.3) is 5.91 Å². The van der Waals surface area contributed by atoms with Gasteiger partial charge in [0.05, 0.1) is 4.90 Å². The number of benzene rings is 1. The van der Waals surface area contributed by atoms with Crippen LogP contribution in [0.25, 0.3) is 0 Å². The van der Waals surface area contributed by atoms with Crippen molar-refractivity contribution in [2.75, 3.05) is 6.61 Å². The highest BCUT2D eigenvalue weighted by molar-refractivity contribution is 7.89. The van der Waals surface area contributed by atoms with Gasteiger partial charge in [0.15, 0.2) is 6.61 Å². The first-order valence-corrected chi connectivity index (χ1v) is 8.02. The molecule has 0 heterocycles. The maximum absolute atomic E-state index is 11.7. The number of nitrogens with one attached hydrogen (secondary N) is 1. The lowest BCUT2D eigenvalue weighted by Gasteiger charge is -2.21. The zero-order valence-electron chi connectivity index (χ0n) is 13.0. The van der Waals surface area contributed by atoms with Crippen LogP contribution in [0, 0.1) is 13.8 Å². The van der Waals surface area contributed by atoms with Crippen LogP contribution in [0.4, 0.5) is 0 Å². The number of rotatable bonds is 4. The van der Waals surface area contributed by atoms with Gasteiger partial charge in [-0.25, -0.2) is 13.6 Å². The number of carbonyl (C=O) groups excluding carboxylic acids is 1. The number of aryl methyl sites for hydroxylation is 2. The number of primary sulfonamides is 1. The summed E-state index contributed by atoms with van der Waals surface area (Å²) >= 11 is 0. The highest BCUT2D eigenvalue weighted by atomic mass is 32.2. The van der Waals surface area contributed by atoms with Gasteiger partial charge in [0, 0.05) is 5.54 Å². The summed E-state index contributed by atoms with van der Waals surface area (Å²) in [4.78, 5) is 11.8. The summed E-state index contributed by atoms with van der Waals surface area (Å²) in [7, 11) is -3.75. The van der Waals surface area contributed by atoms with Crippen molar-refractivity contribution in [3.05, 3.63) is 23.3 Å². The molecule has 0 radical (unpaired) electrons. The van der Waals surface area contributed by atoms with Crippen molar-refractivity contribution < 1.29 is 17.9 Å². The van der Waals surface area contributed by atoms with Crippen molar-refractivity contribution in [3.8, 4) is 5.75 Å². The molecule has 0 saturated carbocycles. The lowest BCUT2D eigenvalue weighted by molar-refractivity contribution is -0.124. The van der Waals surface area contributed by atoms with Crippen molar-refractivity contribution in [3.63, 3.8) is 0 Å². The van der Waals surface area contributed by atoms with Gasteiger partial charge < -0.3 is 10.1 Å². The van der Waals surface area contributed by atoms with Crippen molar-refractivity contribution in [1.82, 2.24) is 5.32 Å². The molecule has 118 valence electrons. The van der Waals surface area contributed by atoms with E-state index >= 15 is 0 Å². The van der Waals surface area contributed by atoms with Crippen LogP contribution in [0.2, 0.25) is 0 Å². The van der Waals surface area contributed by atoms with Crippen LogP contribution in [0.15, 0.2) is 17.0 Å². The minimum Gasteiger partial charge on any atom is -0.483 e. The van der Waals surface area contributed by atoms with E-state index in [1.165, 1.54) is 12.1 Å². The normalized spacial score (nSPS) is 12.1. The summed E-state index contributed by atoms with van der Waals surface area (Å²) in [5.74, 6) is 0.253. The van der Waals surface area contributed by atoms with E-state index in [0.29, 0.717) is 16.9 Å². The van der Waals surface area contributed by atoms with E-state index in [2.05, 4.69) is 5.32 Å². The molecule has 0 atom stereocenters. The molecule has 6 nitrogen and oxygen atoms in total. The van der Waals surface area contributed by atoms with Crippen LogP contribution in [0.1, 0.15) is 31.9 Å². The van der Waals surface area contributed by atoms with E-state index < -0.39 is 10.0 Å². The van der Waals surface area contributed by atoms with Crippen molar-refractivity contribution >= 4 is 15.9 Å². The molecule has 0 aliphatic heterocycles. The fourth-order valence-electron chi connectivity index (χ4n) is 1.89. The van der Waals surface area contributed by atoms with Gasteiger partial charge in [-0.2, -0.15) is 0 Å². The quantitative estimate of drug-likeness (QED) is 0.873. The van der Waals surface area contributed by atoms with Gasteiger partial charge >= 0.3 is 0 Å². The van der Waals surface area contributed by atoms with Gasteiger partial charge in [-0.15, -0.1) is 0 Å². The number of nitrogens with two attached hydrogens (primary N) is 1. The molecular formula is C14H22N2O4S. The lowest BCUT2D eigenvalue weighted by Crippen LogP contribution is -2.43. The zero-order chi connectivity index (χ0) is 16.4. The Hall–Kier alpha value is -1.60. The summed E-state index contributed by atoms with van der Waals surface area (Å²) in [6, 6.07) is 2.86. The number of ether oxygens (including phenoxy) is 1. The molecule has 1 rings (SSSR count). The second-order valence-corrected chi connectivity index (χ2v) is 7.58. The SMILES string of the molecule is Cc1cc(S(N)(=O)=O)cc(C)c1OCC(=O)NC(C)(C)C. The molecule has 0 spiro atoms. The Morgan fingerprint density at radius 3 is 2.10 bits per heavy atom. The molecule has 21 heavy (non-hydrogen) atoms. The molecule has 0 aliphatic carbocycles. The number of sulfonamides is 1. The number of hydrogen-bond donors (Lipinski definition) is 2. The first-order valence-electron chi connectivity index (χ1n) is 6.48. The van der Waals surface area contributed by atoms with E-state index in [0.717, 1.165) is 0 Å². The average Bonchev–Trinajstić information content (AvgIpc) is 2.23. The first kappa shape index (κ1) is 17.5. The van der Waals surface area contributed by atoms with Crippen LogP contribution in [0.5, 0.6) is 5.75 Å². The molecule has 3 N–H and O–H groups in total. The molecule has 7 heteroatoms. The lowest BCUT2D eigenvalue weighted by atomic mass is 10.1. The van der Waals surface area contributed by atoms with Gasteiger partial charge in [0.1, 0.15) is 5.75 Å². The molecule has 0 aromatic heterocycles. The summed E-state index contributed by atoms with van der Waals surface area (Å²) in [5.41, 5.74) is 0.896. The molecular weight excluding hydrogens is 292 g/mol. The maximum Gasteiger partial charge on any atom is 0.258 e. The van der Waals surface area contributed by atoms with Crippen LogP contribution < -0.4 is 15.2 Å². The van der Waals surface area contributed by atoms with Crippen LogP contribution in [0.3, 0.4) is 0 Å². The molecule has 1 amide bonds. The van der Waals surface area contributed by atoms with Gasteiger partial charge in [0.2, 0.25) is 10.0 Å². The Morgan fingerprint density at radius 1 is 1.24 bits per heavy atom. The molecule has 0 fully saturated rings. The van der Waals surface area contributed by atoms with E-state index in [1.54, 1.807) is 13.8 Å². The van der Waals surface area contributed by atoms with E-state index in [4.69, 9.17) is 9.88 Å². The summed E-state index contributed by atoms with van der Waals surface area (Å²) < 4.78 is 28.2. The highest BCUT2D eigenvalue weighted by Crippen LogP contribution is 2.26. The number of hydrogen-bond acceptors (Lipinski definition) is 4. The van der Waals surface area contributed by atoms with Crippen molar-refractivity contribution in [2.45, 2.75) is 45.1 Å². The summed E-state index contributed by atoms with van der Waals surface area (Å²) in [6.45, 7) is 8.91. The minimum atomic E-state index is -3.75. The monoisotopic (exact) mass is 314 g/mol. The predicted molar refractivity (Wildman–Crippen MR) is 80.7 cm³/mol. The summed E-state index contributed by atoms with van der Waals surface area (Å²) in [5, 5.41) is 7.89. The van der Waals surface area contributed by atoms with Crippen molar-refractivity contribution in [1.29, 1.82) is 0 Å². The Labute approximate surface area is 125 Å². The Morgan fingerprint density at radius 2 is 1.71 bits per heavy atom. The fraction of sp³-hybridized carbons (Fsp3) is 0.500. The zero-order valence-corrected chi connectivity index (χ0v) is 13.8. The third kappa shape index (κ3) is 5.35. The molecule has 0 aliphatic rings. The van der Waals surface area contributed by atoms with Gasteiger partial charge in [-0.1, -0.05) is 0 Å². The Balaban J connectivity index is 2.89. The van der Waals surface area contributed by atoms with Crippen LogP contribution >= 0.6 is 0 Å². The van der Waals surface area contributed by atoms with Gasteiger partial charge in [-0.05, 0) is 57.9 Å². The predicted octanol–water partition coefficient (Wildman–Crippen LogP) is 1.24. The topological polar surface area (TPSA) is 98.5 Å². The smallest absolute Gasteiger partial charge is 0.258 e. The molecule has 0 saturated heterocycles. The molecule has 1 aromatic rings. The maximum atomic E-state index is 11.7. The van der Waals surface area contributed by atoms with Crippen molar-refractivity contribution in [2.24, 2.45) is 5.14 Å². The van der Waals surface area contributed by atoms with Crippen LogP contribution in [-0.4, -0.2) is 26.5 Å². The largest absolute Gasteiger partial charge is 0.483 e. The highest BCUT2D eigenvalue weighted by Gasteiger charge is 2.17. The molecule has 1 aromatic carbocycles. The third-order valence-electron chi connectivity index (χ3n) is 2.62. The first-order chi connectivity index (χ1) is 9.40. The van der Waals surface area contributed by atoms with E-state index in [9.17, 15) is 13.2 Å². The number of amides is 1. The Bertz CT molecular complexity index is 622. The van der Waals surface area contributed by atoms with E-state index in [-0.39, 0.29) is 22.9 Å². The second-order valence-electron chi connectivity index (χ2n) is 6.02. The minimum absolute atomic E-state index is 0.0315. The van der Waals surface area contributed by atoms with Crippen LogP contribution in [-0.2, 0) is 14.8 Å². The second kappa shape index (κ2) is 6.03. The average molecular weight is 314 g/mol. The van der Waals surface area contributed by atoms with Gasteiger partial charge in [-0.3, -0.25) is 4.79 Å². The van der Waals surface area contributed by atoms with E-state index in [1.807, 2.05) is 20.8 Å². The fourth-order valence-corrected chi connectivity index (χ4v) is 2.58.